The van der Waals surface area contributed by atoms with Gasteiger partial charge in [0.2, 0.25) is 5.91 Å². The maximum Gasteiger partial charge on any atom is 0.268 e. The molecule has 0 bridgehead atoms. The molecule has 0 aliphatic carbocycles. The Labute approximate surface area is 181 Å². The SMILES string of the molecule is O=C(CN1C(=O)c2ccccc2C1=O)Nc1ccc2c(c1)N(C(=O)c1cccs1)CC2. The third-order valence-corrected chi connectivity index (χ3v) is 6.28. The second kappa shape index (κ2) is 7.48. The van der Waals surface area contributed by atoms with Gasteiger partial charge in [0.1, 0.15) is 6.54 Å². The van der Waals surface area contributed by atoms with E-state index in [-0.39, 0.29) is 12.5 Å². The van der Waals surface area contributed by atoms with Gasteiger partial charge in [-0.2, -0.15) is 0 Å². The van der Waals surface area contributed by atoms with Gasteiger partial charge in [-0.3, -0.25) is 24.1 Å². The lowest BCUT2D eigenvalue weighted by molar-refractivity contribution is -0.116. The van der Waals surface area contributed by atoms with E-state index in [0.29, 0.717) is 28.2 Å². The summed E-state index contributed by atoms with van der Waals surface area (Å²) < 4.78 is 0. The first-order valence-corrected chi connectivity index (χ1v) is 10.6. The predicted molar refractivity (Wildman–Crippen MR) is 117 cm³/mol. The molecule has 4 amide bonds. The van der Waals surface area contributed by atoms with Gasteiger partial charge in [-0.25, -0.2) is 0 Å². The number of rotatable bonds is 4. The summed E-state index contributed by atoms with van der Waals surface area (Å²) in [5, 5.41) is 4.60. The summed E-state index contributed by atoms with van der Waals surface area (Å²) in [4.78, 5) is 53.6. The average Bonchev–Trinajstić information content (AvgIpc) is 3.50. The van der Waals surface area contributed by atoms with E-state index in [1.54, 1.807) is 47.4 Å². The maximum atomic E-state index is 12.8. The molecule has 2 aliphatic rings. The summed E-state index contributed by atoms with van der Waals surface area (Å²) in [6, 6.07) is 15.5. The van der Waals surface area contributed by atoms with Gasteiger partial charge in [0.05, 0.1) is 16.0 Å². The minimum absolute atomic E-state index is 0.0664. The van der Waals surface area contributed by atoms with Crippen LogP contribution in [-0.4, -0.2) is 41.6 Å². The van der Waals surface area contributed by atoms with Crippen LogP contribution in [0.15, 0.2) is 60.0 Å². The lowest BCUT2D eigenvalue weighted by Gasteiger charge is -2.18. The van der Waals surface area contributed by atoms with E-state index in [2.05, 4.69) is 5.32 Å². The minimum atomic E-state index is -0.483. The van der Waals surface area contributed by atoms with Crippen molar-refractivity contribution in [3.05, 3.63) is 81.5 Å². The van der Waals surface area contributed by atoms with E-state index in [9.17, 15) is 19.2 Å². The molecule has 0 fully saturated rings. The van der Waals surface area contributed by atoms with Crippen molar-refractivity contribution in [2.45, 2.75) is 6.42 Å². The van der Waals surface area contributed by atoms with E-state index >= 15 is 0 Å². The largest absolute Gasteiger partial charge is 0.324 e. The Kier molecular flexibility index (Phi) is 4.63. The van der Waals surface area contributed by atoms with Crippen LogP contribution in [0.3, 0.4) is 0 Å². The minimum Gasteiger partial charge on any atom is -0.324 e. The van der Waals surface area contributed by atoms with Crippen molar-refractivity contribution in [1.82, 2.24) is 4.90 Å². The molecule has 0 saturated heterocycles. The number of carbonyl (C=O) groups excluding carboxylic acids is 4. The van der Waals surface area contributed by atoms with Gasteiger partial charge in [-0.05, 0) is 47.7 Å². The normalized spacial score (nSPS) is 14.6. The summed E-state index contributed by atoms with van der Waals surface area (Å²) in [5.41, 5.74) is 2.91. The Hall–Kier alpha value is -3.78. The number of amides is 4. The zero-order valence-electron chi connectivity index (χ0n) is 16.3. The van der Waals surface area contributed by atoms with E-state index in [1.165, 1.54) is 11.3 Å². The highest BCUT2D eigenvalue weighted by atomic mass is 32.1. The van der Waals surface area contributed by atoms with Crippen LogP contribution < -0.4 is 10.2 Å². The van der Waals surface area contributed by atoms with Crippen molar-refractivity contribution < 1.29 is 19.2 Å². The summed E-state index contributed by atoms with van der Waals surface area (Å²) in [5.74, 6) is -1.50. The van der Waals surface area contributed by atoms with Crippen LogP contribution in [-0.2, 0) is 11.2 Å². The second-order valence-corrected chi connectivity index (χ2v) is 8.27. The van der Waals surface area contributed by atoms with Crippen molar-refractivity contribution >= 4 is 46.3 Å². The number of benzene rings is 2. The van der Waals surface area contributed by atoms with Crippen LogP contribution in [0.25, 0.3) is 0 Å². The molecule has 0 atom stereocenters. The standard InChI is InChI=1S/C23H17N3O4S/c27-20(13-26-21(28)16-4-1-2-5-17(16)22(26)29)24-15-8-7-14-9-10-25(18(14)12-15)23(30)19-6-3-11-31-19/h1-8,11-12H,9-10,13H2,(H,24,27). The number of hydrogen-bond acceptors (Lipinski definition) is 5. The van der Waals surface area contributed by atoms with E-state index in [0.717, 1.165) is 22.6 Å². The molecule has 7 nitrogen and oxygen atoms in total. The Morgan fingerprint density at radius 2 is 1.71 bits per heavy atom. The number of anilines is 2. The van der Waals surface area contributed by atoms with Crippen molar-refractivity contribution in [3.63, 3.8) is 0 Å². The molecule has 5 rings (SSSR count). The fourth-order valence-corrected chi connectivity index (χ4v) is 4.60. The third kappa shape index (κ3) is 3.30. The number of fused-ring (bicyclic) bond motifs is 2. The van der Waals surface area contributed by atoms with E-state index in [4.69, 9.17) is 0 Å². The first-order chi connectivity index (χ1) is 15.0. The van der Waals surface area contributed by atoms with Gasteiger partial charge in [0.25, 0.3) is 17.7 Å². The molecule has 1 aromatic heterocycles. The highest BCUT2D eigenvalue weighted by Crippen LogP contribution is 2.32. The summed E-state index contributed by atoms with van der Waals surface area (Å²) in [6.07, 6.45) is 0.746. The molecule has 2 aromatic carbocycles. The topological polar surface area (TPSA) is 86.8 Å². The number of nitrogens with one attached hydrogen (secondary N) is 1. The van der Waals surface area contributed by atoms with Crippen molar-refractivity contribution in [2.24, 2.45) is 0 Å². The fraction of sp³-hybridized carbons (Fsp3) is 0.130. The van der Waals surface area contributed by atoms with Gasteiger partial charge in [0.15, 0.2) is 0 Å². The smallest absolute Gasteiger partial charge is 0.268 e. The summed E-state index contributed by atoms with van der Waals surface area (Å²) in [6.45, 7) is 0.208. The zero-order chi connectivity index (χ0) is 21.5. The molecule has 0 radical (unpaired) electrons. The molecule has 3 heterocycles. The molecule has 0 spiro atoms. The van der Waals surface area contributed by atoms with Crippen LogP contribution >= 0.6 is 11.3 Å². The number of hydrogen-bond donors (Lipinski definition) is 1. The Balaban J connectivity index is 1.31. The summed E-state index contributed by atoms with van der Waals surface area (Å²) >= 11 is 1.39. The average molecular weight is 431 g/mol. The first-order valence-electron chi connectivity index (χ1n) is 9.76. The monoisotopic (exact) mass is 431 g/mol. The van der Waals surface area contributed by atoms with Crippen molar-refractivity contribution in [1.29, 1.82) is 0 Å². The van der Waals surface area contributed by atoms with Crippen LogP contribution in [0.1, 0.15) is 36.0 Å². The zero-order valence-corrected chi connectivity index (χ0v) is 17.1. The summed E-state index contributed by atoms with van der Waals surface area (Å²) in [7, 11) is 0. The molecule has 154 valence electrons. The molecule has 1 N–H and O–H groups in total. The lowest BCUT2D eigenvalue weighted by atomic mass is 10.1. The second-order valence-electron chi connectivity index (χ2n) is 7.32. The molecule has 31 heavy (non-hydrogen) atoms. The Morgan fingerprint density at radius 3 is 2.39 bits per heavy atom. The Bertz CT molecular complexity index is 1200. The molecule has 8 heteroatoms. The molecule has 2 aliphatic heterocycles. The van der Waals surface area contributed by atoms with Crippen LogP contribution in [0.5, 0.6) is 0 Å². The number of carbonyl (C=O) groups is 4. The van der Waals surface area contributed by atoms with Crippen LogP contribution in [0.2, 0.25) is 0 Å². The van der Waals surface area contributed by atoms with E-state index < -0.39 is 17.7 Å². The molecule has 3 aromatic rings. The molecular formula is C23H17N3O4S. The Morgan fingerprint density at radius 1 is 0.968 bits per heavy atom. The van der Waals surface area contributed by atoms with Gasteiger partial charge in [-0.1, -0.05) is 24.3 Å². The van der Waals surface area contributed by atoms with E-state index in [1.807, 2.05) is 17.5 Å². The predicted octanol–water partition coefficient (Wildman–Crippen LogP) is 3.19. The van der Waals surface area contributed by atoms with Gasteiger partial charge < -0.3 is 10.2 Å². The maximum absolute atomic E-state index is 12.8. The molecule has 0 unspecified atom stereocenters. The quantitative estimate of drug-likeness (QED) is 0.643. The highest BCUT2D eigenvalue weighted by molar-refractivity contribution is 7.12. The van der Waals surface area contributed by atoms with Gasteiger partial charge in [0, 0.05) is 17.9 Å². The number of nitrogens with zero attached hydrogens (tertiary/aromatic N) is 2. The number of imide groups is 1. The number of thiophene rings is 1. The highest BCUT2D eigenvalue weighted by Gasteiger charge is 2.36. The molecule has 0 saturated carbocycles. The lowest BCUT2D eigenvalue weighted by Crippen LogP contribution is -2.37. The third-order valence-electron chi connectivity index (χ3n) is 5.42. The van der Waals surface area contributed by atoms with Crippen molar-refractivity contribution in [2.75, 3.05) is 23.3 Å². The van der Waals surface area contributed by atoms with Crippen LogP contribution in [0.4, 0.5) is 11.4 Å². The van der Waals surface area contributed by atoms with Crippen molar-refractivity contribution in [3.8, 4) is 0 Å². The van der Waals surface area contributed by atoms with Gasteiger partial charge in [-0.15, -0.1) is 11.3 Å². The molecular weight excluding hydrogens is 414 g/mol. The fourth-order valence-electron chi connectivity index (χ4n) is 3.93. The first kappa shape index (κ1) is 19.2. The van der Waals surface area contributed by atoms with Crippen LogP contribution in [0, 0.1) is 0 Å². The van der Waals surface area contributed by atoms with Gasteiger partial charge >= 0.3 is 0 Å².